The third-order valence-electron chi connectivity index (χ3n) is 2.00. The lowest BCUT2D eigenvalue weighted by molar-refractivity contribution is -0.142. The van der Waals surface area contributed by atoms with Gasteiger partial charge < -0.3 is 16.6 Å². The number of hydrogen-bond donors (Lipinski definition) is 3. The number of carbonyl (C=O) groups is 1. The molecule has 0 heterocycles. The Hall–Kier alpha value is -0.850. The molecule has 5 nitrogen and oxygen atoms in total. The largest absolute Gasteiger partial charge is 0.480 e. The highest BCUT2D eigenvalue weighted by Gasteiger charge is 2.26. The fraction of sp³-hybridized carbons (Fsp3) is 0.600. The van der Waals surface area contributed by atoms with Crippen molar-refractivity contribution in [3.05, 3.63) is 11.9 Å². The molecule has 0 saturated carbocycles. The molecule has 5 N–H and O–H groups in total. The highest BCUT2D eigenvalue weighted by molar-refractivity contribution is 5.85. The van der Waals surface area contributed by atoms with Crippen LogP contribution in [0.1, 0.15) is 26.7 Å². The van der Waals surface area contributed by atoms with Crippen LogP contribution in [-0.4, -0.2) is 29.0 Å². The van der Waals surface area contributed by atoms with Crippen molar-refractivity contribution in [3.8, 4) is 0 Å². The summed E-state index contributed by atoms with van der Waals surface area (Å²) in [6.07, 6.45) is 1.70. The fourth-order valence-electron chi connectivity index (χ4n) is 0.900. The molecule has 8 heteroatoms. The smallest absolute Gasteiger partial charge is 0.323 e. The van der Waals surface area contributed by atoms with Crippen LogP contribution in [-0.2, 0) is 4.79 Å². The van der Waals surface area contributed by atoms with Crippen molar-refractivity contribution in [1.82, 2.24) is 0 Å². The first kappa shape index (κ1) is 22.3. The molecule has 0 saturated heterocycles. The molecule has 0 rings (SSSR count). The van der Waals surface area contributed by atoms with Crippen LogP contribution in [0.5, 0.6) is 0 Å². The van der Waals surface area contributed by atoms with Gasteiger partial charge in [0.1, 0.15) is 11.4 Å². The number of nitrogens with two attached hydrogens (primary N) is 2. The van der Waals surface area contributed by atoms with Crippen LogP contribution in [0.3, 0.4) is 0 Å². The highest BCUT2D eigenvalue weighted by Crippen LogP contribution is 2.11. The molecule has 0 bridgehead atoms. The Morgan fingerprint density at radius 1 is 1.50 bits per heavy atom. The zero-order valence-corrected chi connectivity index (χ0v) is 12.0. The second kappa shape index (κ2) is 10.1. The van der Waals surface area contributed by atoms with E-state index in [0.717, 1.165) is 0 Å². The van der Waals surface area contributed by atoms with E-state index in [9.17, 15) is 9.18 Å². The number of aliphatic carboxylic acids is 1. The number of allylic oxidation sites excluding steroid dienone is 1. The topological polar surface area (TPSA) is 102 Å². The van der Waals surface area contributed by atoms with E-state index >= 15 is 0 Å². The van der Waals surface area contributed by atoms with Crippen molar-refractivity contribution in [1.29, 1.82) is 0 Å². The zero-order chi connectivity index (χ0) is 12.8. The molecule has 0 spiro atoms. The average molecular weight is 304 g/mol. The summed E-state index contributed by atoms with van der Waals surface area (Å²) in [5, 5.41) is 8.70. The lowest BCUT2D eigenvalue weighted by atomic mass is 9.97. The maximum Gasteiger partial charge on any atom is 0.323 e. The summed E-state index contributed by atoms with van der Waals surface area (Å²) in [6, 6.07) is 0. The van der Waals surface area contributed by atoms with Gasteiger partial charge in [-0.25, -0.2) is 4.39 Å². The first-order valence-electron chi connectivity index (χ1n) is 4.89. The number of halogens is 3. The molecular weight excluding hydrogens is 284 g/mol. The molecule has 0 aromatic heterocycles. The number of carboxylic acid groups (broad SMARTS) is 1. The Labute approximate surface area is 118 Å². The van der Waals surface area contributed by atoms with Crippen molar-refractivity contribution in [3.63, 3.8) is 0 Å². The van der Waals surface area contributed by atoms with Gasteiger partial charge in [-0.3, -0.25) is 9.79 Å². The van der Waals surface area contributed by atoms with Crippen LogP contribution in [0.25, 0.3) is 0 Å². The van der Waals surface area contributed by atoms with E-state index in [0.29, 0.717) is 5.84 Å². The predicted molar refractivity (Wildman–Crippen MR) is 75.3 cm³/mol. The van der Waals surface area contributed by atoms with Crippen molar-refractivity contribution >= 4 is 36.6 Å². The Bertz CT molecular complexity index is 316. The van der Waals surface area contributed by atoms with E-state index < -0.39 is 17.3 Å². The first-order chi connectivity index (χ1) is 7.25. The molecule has 0 unspecified atom stereocenters. The third-order valence-corrected chi connectivity index (χ3v) is 2.00. The monoisotopic (exact) mass is 303 g/mol. The minimum Gasteiger partial charge on any atom is -0.480 e. The number of nitrogens with zero attached hydrogens (tertiary/aromatic N) is 1. The summed E-state index contributed by atoms with van der Waals surface area (Å²) in [7, 11) is 0. The van der Waals surface area contributed by atoms with E-state index in [1.54, 1.807) is 6.92 Å². The number of rotatable bonds is 6. The van der Waals surface area contributed by atoms with Gasteiger partial charge in [0.05, 0.1) is 12.4 Å². The predicted octanol–water partition coefficient (Wildman–Crippen LogP) is 1.64. The zero-order valence-electron chi connectivity index (χ0n) is 10.4. The van der Waals surface area contributed by atoms with Crippen LogP contribution in [0.4, 0.5) is 4.39 Å². The van der Waals surface area contributed by atoms with Crippen molar-refractivity contribution in [2.24, 2.45) is 16.5 Å². The standard InChI is InChI=1S/C10H18FN3O2.2ClH/c1-7(12)14-6-8(11)4-3-5-10(2,13)9(15)16;;/h4H,3,5-6,13H2,1-2H3,(H2,12,14)(H,15,16);2*1H/b8-4-;;/t10-;;/m0../s1. The number of aliphatic imine (C=N–C) groups is 1. The number of carboxylic acids is 1. The molecule has 108 valence electrons. The second-order valence-electron chi connectivity index (χ2n) is 3.87. The summed E-state index contributed by atoms with van der Waals surface area (Å²) >= 11 is 0. The summed E-state index contributed by atoms with van der Waals surface area (Å²) in [4.78, 5) is 14.3. The lowest BCUT2D eigenvalue weighted by Crippen LogP contribution is -2.44. The van der Waals surface area contributed by atoms with E-state index in [4.69, 9.17) is 16.6 Å². The minimum absolute atomic E-state index is 0. The Morgan fingerprint density at radius 2 is 2.00 bits per heavy atom. The van der Waals surface area contributed by atoms with Gasteiger partial charge in [-0.2, -0.15) is 0 Å². The van der Waals surface area contributed by atoms with Gasteiger partial charge in [0.2, 0.25) is 0 Å². The Balaban J connectivity index is -0.00000112. The Morgan fingerprint density at radius 3 is 2.39 bits per heavy atom. The summed E-state index contributed by atoms with van der Waals surface area (Å²) < 4.78 is 13.0. The minimum atomic E-state index is -1.33. The number of hydrogen-bond acceptors (Lipinski definition) is 3. The van der Waals surface area contributed by atoms with Gasteiger partial charge in [-0.05, 0) is 26.7 Å². The summed E-state index contributed by atoms with van der Waals surface area (Å²) in [5.74, 6) is -1.24. The van der Waals surface area contributed by atoms with Gasteiger partial charge >= 0.3 is 5.97 Å². The third kappa shape index (κ3) is 10.3. The van der Waals surface area contributed by atoms with Crippen molar-refractivity contribution < 1.29 is 14.3 Å². The quantitative estimate of drug-likeness (QED) is 0.513. The van der Waals surface area contributed by atoms with Gasteiger partial charge in [-0.1, -0.05) is 6.08 Å². The van der Waals surface area contributed by atoms with Gasteiger partial charge in [0.15, 0.2) is 0 Å². The van der Waals surface area contributed by atoms with Gasteiger partial charge in [0, 0.05) is 0 Å². The lowest BCUT2D eigenvalue weighted by Gasteiger charge is -2.17. The SMILES string of the molecule is CC(N)=NC/C(F)=C/CC[C@](C)(N)C(=O)O.Cl.Cl. The molecule has 0 aliphatic carbocycles. The van der Waals surface area contributed by atoms with Crippen LogP contribution >= 0.6 is 24.8 Å². The highest BCUT2D eigenvalue weighted by atomic mass is 35.5. The van der Waals surface area contributed by atoms with Crippen LogP contribution < -0.4 is 11.5 Å². The molecular formula is C10H20Cl2FN3O2. The molecule has 0 amide bonds. The van der Waals surface area contributed by atoms with E-state index in [1.165, 1.54) is 13.0 Å². The van der Waals surface area contributed by atoms with Crippen LogP contribution in [0.2, 0.25) is 0 Å². The summed E-state index contributed by atoms with van der Waals surface area (Å²) in [6.45, 7) is 2.84. The molecule has 18 heavy (non-hydrogen) atoms. The van der Waals surface area contributed by atoms with Crippen molar-refractivity contribution in [2.75, 3.05) is 6.54 Å². The van der Waals surface area contributed by atoms with E-state index in [1.807, 2.05) is 0 Å². The Kier molecular flexibility index (Phi) is 12.5. The molecule has 0 fully saturated rings. The van der Waals surface area contributed by atoms with Crippen LogP contribution in [0, 0.1) is 0 Å². The summed E-state index contributed by atoms with van der Waals surface area (Å²) in [5.41, 5.74) is 9.38. The maximum atomic E-state index is 13.0. The average Bonchev–Trinajstić information content (AvgIpc) is 2.14. The van der Waals surface area contributed by atoms with Crippen molar-refractivity contribution in [2.45, 2.75) is 32.2 Å². The molecule has 0 aliphatic rings. The normalized spacial score (nSPS) is 15.1. The van der Waals surface area contributed by atoms with Crippen LogP contribution in [0.15, 0.2) is 16.9 Å². The van der Waals surface area contributed by atoms with E-state index in [2.05, 4.69) is 4.99 Å². The van der Waals surface area contributed by atoms with E-state index in [-0.39, 0.29) is 44.2 Å². The first-order valence-corrected chi connectivity index (χ1v) is 4.89. The second-order valence-corrected chi connectivity index (χ2v) is 3.87. The molecule has 0 aromatic carbocycles. The maximum absolute atomic E-state index is 13.0. The number of amidine groups is 1. The molecule has 1 atom stereocenters. The molecule has 0 aromatic rings. The fourth-order valence-corrected chi connectivity index (χ4v) is 0.900. The molecule has 0 radical (unpaired) electrons. The van der Waals surface area contributed by atoms with Gasteiger partial charge in [-0.15, -0.1) is 24.8 Å². The van der Waals surface area contributed by atoms with Gasteiger partial charge in [0.25, 0.3) is 0 Å². The molecule has 0 aliphatic heterocycles.